The van der Waals surface area contributed by atoms with E-state index < -0.39 is 0 Å². The van der Waals surface area contributed by atoms with Crippen LogP contribution in [0.5, 0.6) is 0 Å². The first-order valence-electron chi connectivity index (χ1n) is 9.42. The van der Waals surface area contributed by atoms with Gasteiger partial charge in [0.15, 0.2) is 0 Å². The van der Waals surface area contributed by atoms with E-state index in [2.05, 4.69) is 28.6 Å². The van der Waals surface area contributed by atoms with E-state index in [1.54, 1.807) is 0 Å². The predicted molar refractivity (Wildman–Crippen MR) is 97.9 cm³/mol. The van der Waals surface area contributed by atoms with E-state index in [-0.39, 0.29) is 5.92 Å². The maximum absolute atomic E-state index is 12.5. The van der Waals surface area contributed by atoms with Crippen molar-refractivity contribution in [3.05, 3.63) is 12.3 Å². The topological polar surface area (TPSA) is 61.8 Å². The van der Waals surface area contributed by atoms with Crippen molar-refractivity contribution in [3.63, 3.8) is 0 Å². The van der Waals surface area contributed by atoms with Crippen LogP contribution in [0.3, 0.4) is 0 Å². The number of anilines is 2. The van der Waals surface area contributed by atoms with Crippen LogP contribution in [0, 0.1) is 5.92 Å². The van der Waals surface area contributed by atoms with Crippen molar-refractivity contribution in [1.29, 1.82) is 0 Å². The summed E-state index contributed by atoms with van der Waals surface area (Å²) in [5.74, 6) is 2.20. The number of ether oxygens (including phenoxy) is 1. The van der Waals surface area contributed by atoms with Gasteiger partial charge in [-0.25, -0.2) is 4.98 Å². The van der Waals surface area contributed by atoms with Crippen molar-refractivity contribution in [1.82, 2.24) is 14.9 Å². The third-order valence-electron chi connectivity index (χ3n) is 5.17. The largest absolute Gasteiger partial charge is 0.378 e. The molecule has 0 aromatic carbocycles. The van der Waals surface area contributed by atoms with E-state index in [0.29, 0.717) is 5.91 Å². The highest BCUT2D eigenvalue weighted by molar-refractivity contribution is 5.79. The third-order valence-corrected chi connectivity index (χ3v) is 5.17. The standard InChI is InChI=1S/C18H29N5O2/c1-3-15(4-2)17(24)22-9-7-21(8-10-22)16-5-6-19-18(20-16)23-11-13-25-14-12-23/h5-6,15H,3-4,7-14H2,1-2H3. The Hall–Kier alpha value is -1.89. The lowest BCUT2D eigenvalue weighted by Gasteiger charge is -2.37. The molecular weight excluding hydrogens is 318 g/mol. The second-order valence-corrected chi connectivity index (χ2v) is 6.64. The van der Waals surface area contributed by atoms with Gasteiger partial charge in [-0.3, -0.25) is 4.79 Å². The van der Waals surface area contributed by atoms with Gasteiger partial charge >= 0.3 is 0 Å². The number of carbonyl (C=O) groups excluding carboxylic acids is 1. The lowest BCUT2D eigenvalue weighted by molar-refractivity contribution is -0.136. The van der Waals surface area contributed by atoms with E-state index in [1.165, 1.54) is 0 Å². The summed E-state index contributed by atoms with van der Waals surface area (Å²) in [7, 11) is 0. The van der Waals surface area contributed by atoms with Gasteiger partial charge in [0.25, 0.3) is 0 Å². The van der Waals surface area contributed by atoms with Crippen LogP contribution in [0.4, 0.5) is 11.8 Å². The first-order chi connectivity index (χ1) is 12.2. The summed E-state index contributed by atoms with van der Waals surface area (Å²) in [6.07, 6.45) is 3.67. The van der Waals surface area contributed by atoms with Crippen molar-refractivity contribution >= 4 is 17.7 Å². The summed E-state index contributed by atoms with van der Waals surface area (Å²) in [6.45, 7) is 10.5. The Labute approximate surface area is 150 Å². The minimum atomic E-state index is 0.165. The number of piperazine rings is 1. The Balaban J connectivity index is 1.60. The Kier molecular flexibility index (Phi) is 6.07. The molecule has 25 heavy (non-hydrogen) atoms. The van der Waals surface area contributed by atoms with Gasteiger partial charge in [-0.05, 0) is 18.9 Å². The number of hydrogen-bond acceptors (Lipinski definition) is 6. The van der Waals surface area contributed by atoms with Crippen LogP contribution >= 0.6 is 0 Å². The van der Waals surface area contributed by atoms with Gasteiger partial charge in [-0.2, -0.15) is 4.98 Å². The van der Waals surface area contributed by atoms with Gasteiger partial charge in [-0.1, -0.05) is 13.8 Å². The number of rotatable bonds is 5. The fraction of sp³-hybridized carbons (Fsp3) is 0.722. The molecule has 2 saturated heterocycles. The van der Waals surface area contributed by atoms with Gasteiger partial charge in [0.2, 0.25) is 11.9 Å². The van der Waals surface area contributed by atoms with Gasteiger partial charge in [0.05, 0.1) is 13.2 Å². The molecule has 1 aromatic heterocycles. The quantitative estimate of drug-likeness (QED) is 0.802. The molecule has 3 heterocycles. The van der Waals surface area contributed by atoms with Crippen molar-refractivity contribution in [2.45, 2.75) is 26.7 Å². The van der Waals surface area contributed by atoms with E-state index in [9.17, 15) is 4.79 Å². The number of carbonyl (C=O) groups is 1. The summed E-state index contributed by atoms with van der Waals surface area (Å²) in [6, 6.07) is 1.96. The SMILES string of the molecule is CCC(CC)C(=O)N1CCN(c2ccnc(N3CCOCC3)n2)CC1. The number of morpholine rings is 1. The number of aromatic nitrogens is 2. The number of nitrogens with zero attached hydrogens (tertiary/aromatic N) is 5. The lowest BCUT2D eigenvalue weighted by Crippen LogP contribution is -2.50. The van der Waals surface area contributed by atoms with E-state index >= 15 is 0 Å². The molecule has 0 aliphatic carbocycles. The summed E-state index contributed by atoms with van der Waals surface area (Å²) < 4.78 is 5.39. The van der Waals surface area contributed by atoms with Gasteiger partial charge in [-0.15, -0.1) is 0 Å². The monoisotopic (exact) mass is 347 g/mol. The fourth-order valence-corrected chi connectivity index (χ4v) is 3.48. The number of hydrogen-bond donors (Lipinski definition) is 0. The van der Waals surface area contributed by atoms with Crippen LogP contribution in [0.25, 0.3) is 0 Å². The summed E-state index contributed by atoms with van der Waals surface area (Å²) in [5.41, 5.74) is 0. The highest BCUT2D eigenvalue weighted by Gasteiger charge is 2.26. The average molecular weight is 347 g/mol. The fourth-order valence-electron chi connectivity index (χ4n) is 3.48. The van der Waals surface area contributed by atoms with E-state index in [0.717, 1.165) is 77.1 Å². The molecule has 7 nitrogen and oxygen atoms in total. The van der Waals surface area contributed by atoms with E-state index in [1.807, 2.05) is 17.2 Å². The summed E-state index contributed by atoms with van der Waals surface area (Å²) >= 11 is 0. The molecule has 0 unspecified atom stereocenters. The molecule has 1 amide bonds. The maximum Gasteiger partial charge on any atom is 0.227 e. The Morgan fingerprint density at radius 2 is 1.76 bits per heavy atom. The summed E-state index contributed by atoms with van der Waals surface area (Å²) in [5, 5.41) is 0. The molecule has 138 valence electrons. The van der Waals surface area contributed by atoms with Crippen molar-refractivity contribution in [3.8, 4) is 0 Å². The molecule has 0 spiro atoms. The smallest absolute Gasteiger partial charge is 0.227 e. The molecule has 0 N–H and O–H groups in total. The molecular formula is C18H29N5O2. The molecule has 0 bridgehead atoms. The molecule has 1 aromatic rings. The van der Waals surface area contributed by atoms with Crippen molar-refractivity contribution in [2.24, 2.45) is 5.92 Å². The molecule has 0 atom stereocenters. The highest BCUT2D eigenvalue weighted by Crippen LogP contribution is 2.19. The van der Waals surface area contributed by atoms with Crippen LogP contribution in [-0.2, 0) is 9.53 Å². The van der Waals surface area contributed by atoms with Crippen LogP contribution in [0.1, 0.15) is 26.7 Å². The first kappa shape index (κ1) is 17.9. The zero-order valence-electron chi connectivity index (χ0n) is 15.4. The van der Waals surface area contributed by atoms with Crippen LogP contribution in [-0.4, -0.2) is 73.3 Å². The molecule has 2 fully saturated rings. The van der Waals surface area contributed by atoms with Crippen molar-refractivity contribution < 1.29 is 9.53 Å². The van der Waals surface area contributed by atoms with Gasteiger partial charge < -0.3 is 19.4 Å². The third kappa shape index (κ3) is 4.21. The highest BCUT2D eigenvalue weighted by atomic mass is 16.5. The predicted octanol–water partition coefficient (Wildman–Crippen LogP) is 1.40. The Morgan fingerprint density at radius 1 is 1.08 bits per heavy atom. The molecule has 0 radical (unpaired) electrons. The van der Waals surface area contributed by atoms with Gasteiger partial charge in [0.1, 0.15) is 5.82 Å². The Bertz CT molecular complexity index is 564. The number of amides is 1. The van der Waals surface area contributed by atoms with Crippen LogP contribution in [0.15, 0.2) is 12.3 Å². The van der Waals surface area contributed by atoms with E-state index in [4.69, 9.17) is 9.72 Å². The molecule has 2 aliphatic rings. The normalized spacial score (nSPS) is 18.8. The maximum atomic E-state index is 12.5. The molecule has 0 saturated carbocycles. The second kappa shape index (κ2) is 8.47. The summed E-state index contributed by atoms with van der Waals surface area (Å²) in [4.78, 5) is 28.1. The minimum absolute atomic E-state index is 0.165. The van der Waals surface area contributed by atoms with Crippen LogP contribution < -0.4 is 9.80 Å². The lowest BCUT2D eigenvalue weighted by atomic mass is 10.0. The zero-order chi connectivity index (χ0) is 17.6. The van der Waals surface area contributed by atoms with Gasteiger partial charge in [0, 0.05) is 51.4 Å². The second-order valence-electron chi connectivity index (χ2n) is 6.64. The Morgan fingerprint density at radius 3 is 2.40 bits per heavy atom. The molecule has 2 aliphatic heterocycles. The minimum Gasteiger partial charge on any atom is -0.378 e. The zero-order valence-corrected chi connectivity index (χ0v) is 15.4. The molecule has 7 heteroatoms. The first-order valence-corrected chi connectivity index (χ1v) is 9.42. The van der Waals surface area contributed by atoms with Crippen molar-refractivity contribution in [2.75, 3.05) is 62.3 Å². The average Bonchev–Trinajstić information content (AvgIpc) is 2.70. The van der Waals surface area contributed by atoms with Crippen LogP contribution in [0.2, 0.25) is 0 Å². The molecule has 3 rings (SSSR count).